The van der Waals surface area contributed by atoms with Crippen molar-refractivity contribution in [1.29, 1.82) is 0 Å². The minimum Gasteiger partial charge on any atom is -0.465 e. The number of carbonyl (C=O) groups excluding carboxylic acids is 3. The lowest BCUT2D eigenvalue weighted by molar-refractivity contribution is -0.122. The van der Waals surface area contributed by atoms with E-state index in [9.17, 15) is 14.4 Å². The average Bonchev–Trinajstić information content (AvgIpc) is 3.21. The van der Waals surface area contributed by atoms with Crippen LogP contribution in [0.4, 0.5) is 4.79 Å². The minimum absolute atomic E-state index is 0.0584. The molecule has 0 bridgehead atoms. The molecule has 7 heteroatoms. The molecule has 3 rings (SSSR count). The average molecular weight is 381 g/mol. The van der Waals surface area contributed by atoms with Crippen molar-refractivity contribution in [2.24, 2.45) is 0 Å². The number of rotatable bonds is 4. The Kier molecular flexibility index (Phi) is 5.19. The van der Waals surface area contributed by atoms with Gasteiger partial charge in [-0.05, 0) is 48.5 Å². The molecular weight excluding hydrogens is 366 g/mol. The van der Waals surface area contributed by atoms with E-state index in [1.165, 1.54) is 13.2 Å². The lowest BCUT2D eigenvalue weighted by atomic mass is 10.0. The Morgan fingerprint density at radius 1 is 1.33 bits per heavy atom. The Bertz CT molecular complexity index is 1010. The van der Waals surface area contributed by atoms with Gasteiger partial charge in [0.05, 0.1) is 24.1 Å². The number of thioether (sulfide) groups is 1. The second kappa shape index (κ2) is 7.56. The summed E-state index contributed by atoms with van der Waals surface area (Å²) in [6, 6.07) is 8.61. The summed E-state index contributed by atoms with van der Waals surface area (Å²) in [5.41, 5.74) is 2.10. The summed E-state index contributed by atoms with van der Waals surface area (Å²) in [4.78, 5) is 36.9. The molecule has 0 radical (unpaired) electrons. The van der Waals surface area contributed by atoms with Crippen molar-refractivity contribution < 1.29 is 23.5 Å². The molecule has 1 aromatic heterocycles. The predicted octanol–water partition coefficient (Wildman–Crippen LogP) is 3.71. The Morgan fingerprint density at radius 3 is 2.78 bits per heavy atom. The molecule has 1 fully saturated rings. The third kappa shape index (κ3) is 3.66. The minimum atomic E-state index is -0.431. The molecule has 1 saturated heterocycles. The Hall–Kier alpha value is -3.24. The van der Waals surface area contributed by atoms with Crippen molar-refractivity contribution in [3.8, 4) is 23.7 Å². The Morgan fingerprint density at radius 2 is 2.11 bits per heavy atom. The van der Waals surface area contributed by atoms with Crippen LogP contribution in [0, 0.1) is 19.3 Å². The highest BCUT2D eigenvalue weighted by molar-refractivity contribution is 8.18. The van der Waals surface area contributed by atoms with E-state index in [4.69, 9.17) is 15.6 Å². The van der Waals surface area contributed by atoms with E-state index < -0.39 is 17.1 Å². The molecule has 2 heterocycles. The van der Waals surface area contributed by atoms with Crippen LogP contribution in [-0.4, -0.2) is 35.7 Å². The van der Waals surface area contributed by atoms with Gasteiger partial charge in [0.15, 0.2) is 0 Å². The van der Waals surface area contributed by atoms with Crippen molar-refractivity contribution in [1.82, 2.24) is 4.90 Å². The molecule has 136 valence electrons. The molecule has 0 aliphatic carbocycles. The second-order valence-corrected chi connectivity index (χ2v) is 6.69. The zero-order valence-electron chi connectivity index (χ0n) is 14.6. The van der Waals surface area contributed by atoms with Crippen LogP contribution in [0.1, 0.15) is 21.7 Å². The molecule has 1 aromatic carbocycles. The molecule has 0 N–H and O–H groups in total. The van der Waals surface area contributed by atoms with Crippen LogP contribution in [0.5, 0.6) is 0 Å². The van der Waals surface area contributed by atoms with Crippen LogP contribution < -0.4 is 0 Å². The van der Waals surface area contributed by atoms with Crippen molar-refractivity contribution in [2.75, 3.05) is 13.7 Å². The highest BCUT2D eigenvalue weighted by Crippen LogP contribution is 2.33. The van der Waals surface area contributed by atoms with Crippen LogP contribution >= 0.6 is 11.8 Å². The van der Waals surface area contributed by atoms with Crippen molar-refractivity contribution in [2.45, 2.75) is 6.92 Å². The largest absolute Gasteiger partial charge is 0.465 e. The number of furan rings is 1. The SMILES string of the molecule is C#CCN1C(=O)SC(=Cc2ccc(-c3ccc(C(=O)OC)cc3C)o2)C1=O. The molecule has 27 heavy (non-hydrogen) atoms. The van der Waals surface area contributed by atoms with Crippen LogP contribution in [0.15, 0.2) is 39.7 Å². The van der Waals surface area contributed by atoms with Crippen molar-refractivity contribution in [3.05, 3.63) is 52.1 Å². The summed E-state index contributed by atoms with van der Waals surface area (Å²) < 4.78 is 10.5. The topological polar surface area (TPSA) is 76.8 Å². The van der Waals surface area contributed by atoms with Crippen LogP contribution in [0.25, 0.3) is 17.4 Å². The number of imide groups is 1. The summed E-state index contributed by atoms with van der Waals surface area (Å²) >= 11 is 0.824. The first-order valence-corrected chi connectivity index (χ1v) is 8.74. The Balaban J connectivity index is 1.86. The first-order chi connectivity index (χ1) is 12.9. The van der Waals surface area contributed by atoms with Gasteiger partial charge in [-0.25, -0.2) is 4.79 Å². The lowest BCUT2D eigenvalue weighted by Gasteiger charge is -2.06. The third-order valence-corrected chi connectivity index (χ3v) is 4.84. The zero-order valence-corrected chi connectivity index (χ0v) is 15.5. The maximum absolute atomic E-state index is 12.2. The van der Waals surface area contributed by atoms with E-state index in [-0.39, 0.29) is 11.4 Å². The van der Waals surface area contributed by atoms with Gasteiger partial charge in [0, 0.05) is 11.6 Å². The van der Waals surface area contributed by atoms with Gasteiger partial charge in [-0.3, -0.25) is 14.5 Å². The van der Waals surface area contributed by atoms with E-state index in [0.717, 1.165) is 27.8 Å². The van der Waals surface area contributed by atoms with Crippen molar-refractivity contribution in [3.63, 3.8) is 0 Å². The van der Waals surface area contributed by atoms with Gasteiger partial charge < -0.3 is 9.15 Å². The lowest BCUT2D eigenvalue weighted by Crippen LogP contribution is -2.28. The zero-order chi connectivity index (χ0) is 19.6. The summed E-state index contributed by atoms with van der Waals surface area (Å²) in [7, 11) is 1.33. The number of nitrogens with zero attached hydrogens (tertiary/aromatic N) is 1. The van der Waals surface area contributed by atoms with Gasteiger partial charge in [-0.15, -0.1) is 6.42 Å². The van der Waals surface area contributed by atoms with E-state index in [0.29, 0.717) is 17.1 Å². The van der Waals surface area contributed by atoms with Gasteiger partial charge in [0.2, 0.25) is 0 Å². The van der Waals surface area contributed by atoms with Crippen LogP contribution in [-0.2, 0) is 9.53 Å². The number of hydrogen-bond acceptors (Lipinski definition) is 6. The number of amides is 2. The molecular formula is C20H15NO5S. The van der Waals surface area contributed by atoms with E-state index >= 15 is 0 Å². The van der Waals surface area contributed by atoms with E-state index in [1.54, 1.807) is 30.3 Å². The fraction of sp³-hybridized carbons (Fsp3) is 0.150. The van der Waals surface area contributed by atoms with Gasteiger partial charge in [0.1, 0.15) is 11.5 Å². The number of esters is 1. The normalized spacial score (nSPS) is 15.3. The fourth-order valence-corrected chi connectivity index (χ4v) is 3.44. The first-order valence-electron chi connectivity index (χ1n) is 7.92. The summed E-state index contributed by atoms with van der Waals surface area (Å²) in [5.74, 6) is 2.47. The number of benzene rings is 1. The molecule has 6 nitrogen and oxygen atoms in total. The van der Waals surface area contributed by atoms with Gasteiger partial charge in [-0.1, -0.05) is 12.0 Å². The second-order valence-electron chi connectivity index (χ2n) is 5.70. The quantitative estimate of drug-likeness (QED) is 0.456. The molecule has 0 saturated carbocycles. The van der Waals surface area contributed by atoms with Gasteiger partial charge in [-0.2, -0.15) is 0 Å². The number of hydrogen-bond donors (Lipinski definition) is 0. The van der Waals surface area contributed by atoms with Crippen molar-refractivity contribution >= 4 is 35.0 Å². The highest BCUT2D eigenvalue weighted by atomic mass is 32.2. The maximum Gasteiger partial charge on any atom is 0.337 e. The monoisotopic (exact) mass is 381 g/mol. The molecule has 2 amide bonds. The number of methoxy groups -OCH3 is 1. The van der Waals surface area contributed by atoms with E-state index in [1.807, 2.05) is 6.92 Å². The molecule has 1 aliphatic heterocycles. The molecule has 0 spiro atoms. The predicted molar refractivity (Wildman–Crippen MR) is 102 cm³/mol. The number of terminal acetylenes is 1. The first kappa shape index (κ1) is 18.5. The molecule has 2 aromatic rings. The summed E-state index contributed by atoms with van der Waals surface area (Å²) in [6.45, 7) is 1.80. The molecule has 1 aliphatic rings. The van der Waals surface area contributed by atoms with Crippen LogP contribution in [0.3, 0.4) is 0 Å². The summed E-state index contributed by atoms with van der Waals surface area (Å²) in [5, 5.41) is -0.398. The fourth-order valence-electron chi connectivity index (χ4n) is 2.62. The summed E-state index contributed by atoms with van der Waals surface area (Å²) in [6.07, 6.45) is 6.70. The standard InChI is InChI=1S/C20H15NO5S/c1-4-9-21-18(22)17(27-20(21)24)11-14-6-8-16(26-14)15-7-5-13(10-12(15)2)19(23)25-3/h1,5-8,10-11H,9H2,2-3H3. The number of aryl methyl sites for hydroxylation is 1. The number of ether oxygens (including phenoxy) is 1. The highest BCUT2D eigenvalue weighted by Gasteiger charge is 2.34. The van der Waals surface area contributed by atoms with E-state index in [2.05, 4.69) is 5.92 Å². The maximum atomic E-state index is 12.2. The third-order valence-electron chi connectivity index (χ3n) is 3.94. The Labute approximate surface area is 160 Å². The van der Waals surface area contributed by atoms with Gasteiger partial charge in [0.25, 0.3) is 11.1 Å². The van der Waals surface area contributed by atoms with Crippen LogP contribution in [0.2, 0.25) is 0 Å². The van der Waals surface area contributed by atoms with Gasteiger partial charge >= 0.3 is 5.97 Å². The number of carbonyl (C=O) groups is 3. The smallest absolute Gasteiger partial charge is 0.337 e. The molecule has 0 atom stereocenters. The molecule has 0 unspecified atom stereocenters.